The summed E-state index contributed by atoms with van der Waals surface area (Å²) in [6.45, 7) is 4.21. The van der Waals surface area contributed by atoms with Crippen molar-refractivity contribution in [1.82, 2.24) is 5.32 Å². The van der Waals surface area contributed by atoms with E-state index in [1.54, 1.807) is 0 Å². The van der Waals surface area contributed by atoms with E-state index in [1.165, 1.54) is 0 Å². The Hall–Kier alpha value is -1.10. The number of aliphatic hydroxyl groups is 1. The summed E-state index contributed by atoms with van der Waals surface area (Å²) in [5.41, 5.74) is -0.897. The van der Waals surface area contributed by atoms with Gasteiger partial charge in [-0.15, -0.1) is 0 Å². The van der Waals surface area contributed by atoms with E-state index in [2.05, 4.69) is 5.32 Å². The maximum Gasteiger partial charge on any atom is 0.310 e. The van der Waals surface area contributed by atoms with Crippen LogP contribution in [0.25, 0.3) is 0 Å². The smallest absolute Gasteiger partial charge is 0.310 e. The maximum absolute atomic E-state index is 11.9. The molecule has 0 spiro atoms. The molecule has 1 fully saturated rings. The first-order valence-electron chi connectivity index (χ1n) is 7.54. The topological polar surface area (TPSA) is 86.6 Å². The Balaban J connectivity index is 2.45. The number of carbonyl (C=O) groups is 2. The molecule has 1 amide bonds. The Morgan fingerprint density at radius 1 is 1.20 bits per heavy atom. The molecule has 0 aromatic carbocycles. The molecule has 1 saturated carbocycles. The van der Waals surface area contributed by atoms with Crippen LogP contribution < -0.4 is 5.32 Å². The quantitative estimate of drug-likeness (QED) is 0.667. The Morgan fingerprint density at radius 2 is 1.80 bits per heavy atom. The van der Waals surface area contributed by atoms with Gasteiger partial charge in [0.25, 0.3) is 0 Å². The number of amides is 1. The minimum Gasteiger partial charge on any atom is -0.481 e. The van der Waals surface area contributed by atoms with Gasteiger partial charge in [0.2, 0.25) is 5.91 Å². The summed E-state index contributed by atoms with van der Waals surface area (Å²) in [5, 5.41) is 21.8. The minimum atomic E-state index is -0.897. The van der Waals surface area contributed by atoms with Crippen LogP contribution in [0.5, 0.6) is 0 Å². The molecule has 0 aromatic rings. The highest BCUT2D eigenvalue weighted by molar-refractivity contribution is 5.85. The van der Waals surface area contributed by atoms with Crippen molar-refractivity contribution in [3.8, 4) is 0 Å². The van der Waals surface area contributed by atoms with Crippen LogP contribution in [-0.4, -0.2) is 34.7 Å². The molecule has 5 heteroatoms. The maximum atomic E-state index is 11.9. The summed E-state index contributed by atoms with van der Waals surface area (Å²) in [6, 6.07) is 0. The molecule has 1 rings (SSSR count). The van der Waals surface area contributed by atoms with E-state index in [1.807, 2.05) is 13.8 Å². The van der Waals surface area contributed by atoms with Crippen LogP contribution >= 0.6 is 0 Å². The molecule has 1 atom stereocenters. The number of carboxylic acid groups (broad SMARTS) is 1. The normalized spacial score (nSPS) is 19.6. The van der Waals surface area contributed by atoms with Crippen molar-refractivity contribution in [2.75, 3.05) is 6.54 Å². The fourth-order valence-corrected chi connectivity index (χ4v) is 2.92. The Labute approximate surface area is 120 Å². The molecule has 20 heavy (non-hydrogen) atoms. The number of aliphatic carboxylic acids is 1. The Bertz CT molecular complexity index is 335. The van der Waals surface area contributed by atoms with Gasteiger partial charge in [0, 0.05) is 13.0 Å². The molecule has 0 aliphatic heterocycles. The second-order valence-corrected chi connectivity index (χ2v) is 6.41. The van der Waals surface area contributed by atoms with Crippen LogP contribution in [0.15, 0.2) is 0 Å². The fraction of sp³-hybridized carbons (Fsp3) is 0.867. The van der Waals surface area contributed by atoms with E-state index in [9.17, 15) is 19.8 Å². The SMILES string of the molecule is CC(C)CC(O)CNC(=O)CC1(C(=O)O)CCCCC1. The standard InChI is InChI=1S/C15H27NO4/c1-11(2)8-12(17)10-16-13(18)9-15(14(19)20)6-4-3-5-7-15/h11-12,17H,3-10H2,1-2H3,(H,16,18)(H,19,20). The van der Waals surface area contributed by atoms with Crippen molar-refractivity contribution >= 4 is 11.9 Å². The summed E-state index contributed by atoms with van der Waals surface area (Å²) in [7, 11) is 0. The van der Waals surface area contributed by atoms with E-state index in [0.717, 1.165) is 19.3 Å². The van der Waals surface area contributed by atoms with Crippen molar-refractivity contribution in [2.45, 2.75) is 64.9 Å². The molecule has 1 aliphatic rings. The molecule has 3 N–H and O–H groups in total. The number of carbonyl (C=O) groups excluding carboxylic acids is 1. The lowest BCUT2D eigenvalue weighted by molar-refractivity contribution is -0.154. The average molecular weight is 285 g/mol. The molecule has 0 bridgehead atoms. The predicted molar refractivity (Wildman–Crippen MR) is 76.2 cm³/mol. The molecule has 0 aromatic heterocycles. The summed E-state index contributed by atoms with van der Waals surface area (Å²) in [5.74, 6) is -0.766. The lowest BCUT2D eigenvalue weighted by Crippen LogP contribution is -2.41. The fourth-order valence-electron chi connectivity index (χ4n) is 2.92. The van der Waals surface area contributed by atoms with Gasteiger partial charge < -0.3 is 15.5 Å². The highest BCUT2D eigenvalue weighted by atomic mass is 16.4. The van der Waals surface area contributed by atoms with Crippen molar-refractivity contribution in [3.63, 3.8) is 0 Å². The summed E-state index contributed by atoms with van der Waals surface area (Å²) in [6.07, 6.45) is 4.02. The van der Waals surface area contributed by atoms with E-state index in [4.69, 9.17) is 0 Å². The zero-order chi connectivity index (χ0) is 15.2. The molecule has 1 aliphatic carbocycles. The van der Waals surface area contributed by atoms with Crippen molar-refractivity contribution < 1.29 is 19.8 Å². The molecular weight excluding hydrogens is 258 g/mol. The number of rotatable bonds is 7. The van der Waals surface area contributed by atoms with Crippen LogP contribution in [0, 0.1) is 11.3 Å². The van der Waals surface area contributed by atoms with E-state index < -0.39 is 17.5 Å². The van der Waals surface area contributed by atoms with Crippen LogP contribution in [0.3, 0.4) is 0 Å². The lowest BCUT2D eigenvalue weighted by atomic mass is 9.71. The van der Waals surface area contributed by atoms with Crippen LogP contribution in [0.4, 0.5) is 0 Å². The molecule has 0 radical (unpaired) electrons. The van der Waals surface area contributed by atoms with Gasteiger partial charge in [-0.3, -0.25) is 9.59 Å². The molecular formula is C15H27NO4. The minimum absolute atomic E-state index is 0.0245. The van der Waals surface area contributed by atoms with E-state index in [-0.39, 0.29) is 18.9 Å². The van der Waals surface area contributed by atoms with Gasteiger partial charge >= 0.3 is 5.97 Å². The Kier molecular flexibility index (Phi) is 6.46. The van der Waals surface area contributed by atoms with Gasteiger partial charge in [-0.25, -0.2) is 0 Å². The molecule has 116 valence electrons. The van der Waals surface area contributed by atoms with Gasteiger partial charge in [0.05, 0.1) is 11.5 Å². The van der Waals surface area contributed by atoms with E-state index >= 15 is 0 Å². The van der Waals surface area contributed by atoms with Gasteiger partial charge in [-0.1, -0.05) is 33.1 Å². The third-order valence-electron chi connectivity index (χ3n) is 4.04. The largest absolute Gasteiger partial charge is 0.481 e. The highest BCUT2D eigenvalue weighted by Gasteiger charge is 2.41. The molecule has 0 heterocycles. The number of hydrogen-bond acceptors (Lipinski definition) is 3. The number of aliphatic hydroxyl groups excluding tert-OH is 1. The zero-order valence-electron chi connectivity index (χ0n) is 12.5. The summed E-state index contributed by atoms with van der Waals surface area (Å²) < 4.78 is 0. The van der Waals surface area contributed by atoms with Crippen molar-refractivity contribution in [1.29, 1.82) is 0 Å². The third kappa shape index (κ3) is 5.12. The third-order valence-corrected chi connectivity index (χ3v) is 4.04. The van der Waals surface area contributed by atoms with Crippen molar-refractivity contribution in [3.05, 3.63) is 0 Å². The van der Waals surface area contributed by atoms with Gasteiger partial charge in [-0.05, 0) is 25.2 Å². The van der Waals surface area contributed by atoms with Gasteiger partial charge in [0.15, 0.2) is 0 Å². The number of hydrogen-bond donors (Lipinski definition) is 3. The van der Waals surface area contributed by atoms with Crippen molar-refractivity contribution in [2.24, 2.45) is 11.3 Å². The van der Waals surface area contributed by atoms with Gasteiger partial charge in [-0.2, -0.15) is 0 Å². The Morgan fingerprint density at radius 3 is 2.30 bits per heavy atom. The zero-order valence-corrected chi connectivity index (χ0v) is 12.5. The first-order chi connectivity index (χ1) is 9.35. The highest BCUT2D eigenvalue weighted by Crippen LogP contribution is 2.39. The first-order valence-corrected chi connectivity index (χ1v) is 7.54. The summed E-state index contributed by atoms with van der Waals surface area (Å²) in [4.78, 5) is 23.4. The predicted octanol–water partition coefficient (Wildman–Crippen LogP) is 1.93. The van der Waals surface area contributed by atoms with Crippen LogP contribution in [0.1, 0.15) is 58.8 Å². The van der Waals surface area contributed by atoms with Gasteiger partial charge in [0.1, 0.15) is 0 Å². The lowest BCUT2D eigenvalue weighted by Gasteiger charge is -2.32. The second kappa shape index (κ2) is 7.62. The molecule has 1 unspecified atom stereocenters. The first kappa shape index (κ1) is 17.0. The summed E-state index contributed by atoms with van der Waals surface area (Å²) >= 11 is 0. The van der Waals surface area contributed by atoms with Crippen LogP contribution in [-0.2, 0) is 9.59 Å². The number of nitrogens with one attached hydrogen (secondary N) is 1. The molecule has 0 saturated heterocycles. The number of carboxylic acids is 1. The average Bonchev–Trinajstić information content (AvgIpc) is 2.36. The molecule has 5 nitrogen and oxygen atoms in total. The monoisotopic (exact) mass is 285 g/mol. The van der Waals surface area contributed by atoms with Crippen LogP contribution in [0.2, 0.25) is 0 Å². The van der Waals surface area contributed by atoms with E-state index in [0.29, 0.717) is 25.2 Å². The second-order valence-electron chi connectivity index (χ2n) is 6.41.